The maximum Gasteiger partial charge on any atom is 0.254 e. The van der Waals surface area contributed by atoms with Crippen molar-refractivity contribution in [3.8, 4) is 0 Å². The fraction of sp³-hybridized carbons (Fsp3) is 0.600. The molecule has 0 bridgehead atoms. The minimum Gasteiger partial charge on any atom is -0.395 e. The van der Waals surface area contributed by atoms with E-state index >= 15 is 0 Å². The minimum atomic E-state index is -0.129. The molecule has 5 heteroatoms. The maximum absolute atomic E-state index is 12.5. The Kier molecular flexibility index (Phi) is 5.51. The molecule has 0 aliphatic heterocycles. The summed E-state index contributed by atoms with van der Waals surface area (Å²) in [7, 11) is 1.79. The first kappa shape index (κ1) is 16.4. The molecule has 0 aliphatic carbocycles. The number of amides is 1. The maximum atomic E-state index is 12.5. The summed E-state index contributed by atoms with van der Waals surface area (Å²) in [6.07, 6.45) is 0. The second-order valence-corrected chi connectivity index (χ2v) is 5.73. The van der Waals surface area contributed by atoms with Crippen molar-refractivity contribution in [3.63, 3.8) is 0 Å². The van der Waals surface area contributed by atoms with Crippen LogP contribution < -0.4 is 5.32 Å². The molecule has 1 aromatic heterocycles. The summed E-state index contributed by atoms with van der Waals surface area (Å²) < 4.78 is 0. The lowest BCUT2D eigenvalue weighted by atomic mass is 9.90. The zero-order chi connectivity index (χ0) is 15.3. The van der Waals surface area contributed by atoms with Gasteiger partial charge in [-0.05, 0) is 19.1 Å². The third-order valence-electron chi connectivity index (χ3n) is 3.14. The van der Waals surface area contributed by atoms with Gasteiger partial charge in [-0.3, -0.25) is 4.79 Å². The van der Waals surface area contributed by atoms with Crippen LogP contribution in [-0.4, -0.2) is 47.6 Å². The highest BCUT2D eigenvalue weighted by Crippen LogP contribution is 2.23. The normalized spacial score (nSPS) is 11.3. The molecule has 0 spiro atoms. The van der Waals surface area contributed by atoms with E-state index in [1.54, 1.807) is 18.0 Å². The van der Waals surface area contributed by atoms with Crippen LogP contribution in [0.4, 0.5) is 5.82 Å². The highest BCUT2D eigenvalue weighted by Gasteiger charge is 2.21. The Labute approximate surface area is 121 Å². The number of nitrogens with one attached hydrogen (secondary N) is 1. The highest BCUT2D eigenvalue weighted by atomic mass is 16.3. The van der Waals surface area contributed by atoms with E-state index in [1.165, 1.54) is 0 Å². The van der Waals surface area contributed by atoms with Crippen molar-refractivity contribution < 1.29 is 9.90 Å². The fourth-order valence-corrected chi connectivity index (χ4v) is 1.87. The van der Waals surface area contributed by atoms with E-state index in [-0.39, 0.29) is 17.9 Å². The van der Waals surface area contributed by atoms with Crippen molar-refractivity contribution in [1.82, 2.24) is 9.88 Å². The van der Waals surface area contributed by atoms with Gasteiger partial charge >= 0.3 is 0 Å². The van der Waals surface area contributed by atoms with Crippen molar-refractivity contribution in [2.75, 3.05) is 32.1 Å². The zero-order valence-electron chi connectivity index (χ0n) is 13.0. The Hall–Kier alpha value is -1.62. The van der Waals surface area contributed by atoms with E-state index in [4.69, 9.17) is 5.11 Å². The Morgan fingerprint density at radius 2 is 2.05 bits per heavy atom. The molecule has 0 fully saturated rings. The van der Waals surface area contributed by atoms with Gasteiger partial charge in [0, 0.05) is 36.8 Å². The van der Waals surface area contributed by atoms with E-state index in [9.17, 15) is 4.79 Å². The number of likely N-dealkylation sites (N-methyl/N-ethyl adjacent to an activating group) is 1. The number of hydrogen-bond donors (Lipinski definition) is 2. The lowest BCUT2D eigenvalue weighted by Gasteiger charge is -2.23. The number of aliphatic hydroxyl groups is 1. The summed E-state index contributed by atoms with van der Waals surface area (Å²) in [6.45, 7) is 8.98. The summed E-state index contributed by atoms with van der Waals surface area (Å²) in [6, 6.07) is 3.58. The van der Waals surface area contributed by atoms with Gasteiger partial charge in [0.2, 0.25) is 0 Å². The van der Waals surface area contributed by atoms with Gasteiger partial charge in [0.05, 0.1) is 6.61 Å². The largest absolute Gasteiger partial charge is 0.395 e. The average Bonchev–Trinajstić information content (AvgIpc) is 2.42. The molecule has 0 aromatic carbocycles. The van der Waals surface area contributed by atoms with Crippen LogP contribution in [0, 0.1) is 0 Å². The van der Waals surface area contributed by atoms with Crippen LogP contribution in [0.3, 0.4) is 0 Å². The van der Waals surface area contributed by atoms with Crippen LogP contribution in [0.5, 0.6) is 0 Å². The fourth-order valence-electron chi connectivity index (χ4n) is 1.87. The first-order valence-electron chi connectivity index (χ1n) is 6.94. The van der Waals surface area contributed by atoms with Crippen molar-refractivity contribution >= 4 is 11.7 Å². The van der Waals surface area contributed by atoms with Crippen LogP contribution in [0.2, 0.25) is 0 Å². The van der Waals surface area contributed by atoms with E-state index in [0.717, 1.165) is 5.69 Å². The van der Waals surface area contributed by atoms with E-state index in [0.29, 0.717) is 24.5 Å². The van der Waals surface area contributed by atoms with Gasteiger partial charge in [-0.15, -0.1) is 0 Å². The van der Waals surface area contributed by atoms with Crippen LogP contribution in [0.15, 0.2) is 12.1 Å². The molecule has 5 nitrogen and oxygen atoms in total. The summed E-state index contributed by atoms with van der Waals surface area (Å²) in [5.41, 5.74) is 1.34. The van der Waals surface area contributed by atoms with Crippen LogP contribution in [0.1, 0.15) is 43.7 Å². The number of aromatic nitrogens is 1. The molecular formula is C15H25N3O2. The van der Waals surface area contributed by atoms with Gasteiger partial charge in [0.15, 0.2) is 0 Å². The first-order chi connectivity index (χ1) is 9.33. The van der Waals surface area contributed by atoms with E-state index < -0.39 is 0 Å². The molecule has 1 amide bonds. The van der Waals surface area contributed by atoms with Gasteiger partial charge in [-0.25, -0.2) is 4.98 Å². The number of hydrogen-bond acceptors (Lipinski definition) is 4. The zero-order valence-corrected chi connectivity index (χ0v) is 13.0. The molecule has 1 heterocycles. The van der Waals surface area contributed by atoms with Crippen molar-refractivity contribution in [2.24, 2.45) is 0 Å². The van der Waals surface area contributed by atoms with Gasteiger partial charge in [0.25, 0.3) is 5.91 Å². The van der Waals surface area contributed by atoms with Crippen molar-refractivity contribution in [3.05, 3.63) is 23.4 Å². The first-order valence-corrected chi connectivity index (χ1v) is 6.94. The van der Waals surface area contributed by atoms with Crippen LogP contribution in [-0.2, 0) is 5.41 Å². The third-order valence-corrected chi connectivity index (χ3v) is 3.14. The minimum absolute atomic E-state index is 0.0321. The summed E-state index contributed by atoms with van der Waals surface area (Å²) >= 11 is 0. The monoisotopic (exact) mass is 279 g/mol. The number of carbonyl (C=O) groups excluding carboxylic acids is 1. The lowest BCUT2D eigenvalue weighted by molar-refractivity contribution is 0.0731. The second kappa shape index (κ2) is 6.70. The molecular weight excluding hydrogens is 254 g/mol. The highest BCUT2D eigenvalue weighted by molar-refractivity contribution is 5.95. The van der Waals surface area contributed by atoms with E-state index in [1.807, 2.05) is 13.0 Å². The molecule has 1 aromatic rings. The van der Waals surface area contributed by atoms with Gasteiger partial charge in [0.1, 0.15) is 5.82 Å². The number of carbonyl (C=O) groups is 1. The number of aliphatic hydroxyl groups excluding tert-OH is 1. The molecule has 0 unspecified atom stereocenters. The Morgan fingerprint density at radius 1 is 1.40 bits per heavy atom. The molecule has 0 aliphatic rings. The summed E-state index contributed by atoms with van der Waals surface area (Å²) in [5, 5.41) is 12.0. The van der Waals surface area contributed by atoms with Gasteiger partial charge < -0.3 is 15.3 Å². The summed E-state index contributed by atoms with van der Waals surface area (Å²) in [4.78, 5) is 18.6. The molecule has 0 radical (unpaired) electrons. The van der Waals surface area contributed by atoms with Gasteiger partial charge in [-0.2, -0.15) is 0 Å². The smallest absolute Gasteiger partial charge is 0.254 e. The molecule has 0 saturated carbocycles. The Morgan fingerprint density at radius 3 is 2.50 bits per heavy atom. The summed E-state index contributed by atoms with van der Waals surface area (Å²) in [5.74, 6) is 0.603. The lowest BCUT2D eigenvalue weighted by Crippen LogP contribution is -2.33. The predicted molar refractivity (Wildman–Crippen MR) is 81.1 cm³/mol. The number of anilines is 1. The molecule has 2 N–H and O–H groups in total. The molecule has 0 saturated heterocycles. The van der Waals surface area contributed by atoms with Crippen LogP contribution >= 0.6 is 0 Å². The predicted octanol–water partition coefficient (Wildman–Crippen LogP) is 1.88. The van der Waals surface area contributed by atoms with E-state index in [2.05, 4.69) is 31.1 Å². The standard InChI is InChI=1S/C15H25N3O2/c1-6-18(7-8-19)14(20)11-9-12(15(2,3)4)17-13(10-11)16-5/h9-10,19H,6-8H2,1-5H3,(H,16,17). The number of nitrogens with zero attached hydrogens (tertiary/aromatic N) is 2. The average molecular weight is 279 g/mol. The second-order valence-electron chi connectivity index (χ2n) is 5.73. The van der Waals surface area contributed by atoms with Crippen molar-refractivity contribution in [1.29, 1.82) is 0 Å². The number of rotatable bonds is 5. The molecule has 0 atom stereocenters. The van der Waals surface area contributed by atoms with Gasteiger partial charge in [-0.1, -0.05) is 20.8 Å². The Bertz CT molecular complexity index is 467. The third kappa shape index (κ3) is 3.93. The number of pyridine rings is 1. The molecule has 20 heavy (non-hydrogen) atoms. The topological polar surface area (TPSA) is 65.5 Å². The quantitative estimate of drug-likeness (QED) is 0.863. The molecule has 112 valence electrons. The van der Waals surface area contributed by atoms with Crippen molar-refractivity contribution in [2.45, 2.75) is 33.1 Å². The SMILES string of the molecule is CCN(CCO)C(=O)c1cc(NC)nc(C(C)(C)C)c1. The molecule has 1 rings (SSSR count). The Balaban J connectivity index is 3.20. The van der Waals surface area contributed by atoms with Crippen LogP contribution in [0.25, 0.3) is 0 Å².